The highest BCUT2D eigenvalue weighted by Crippen LogP contribution is 2.50. The molecular formula is C51H30F18. The first-order valence-electron chi connectivity index (χ1n) is 20.1. The van der Waals surface area contributed by atoms with Crippen molar-refractivity contribution in [3.05, 3.63) is 177 Å². The Balaban J connectivity index is 1.56. The molecule has 0 atom stereocenters. The SMILES string of the molecule is Cc1ccc(-c2cc(-c3ccc(C)c(-c4c(C(F)(F)F)cccc4C(F)(F)F)c3)cc(-c3ccc(C)c(-c4c(C(F)(F)F)cccc4C(F)(F)F)c3)c2)cc1-c1c(C(F)(F)F)cccc1C(F)(F)F. The second-order valence-electron chi connectivity index (χ2n) is 16.1. The molecule has 69 heavy (non-hydrogen) atoms. The van der Waals surface area contributed by atoms with Crippen LogP contribution in [-0.2, 0) is 37.1 Å². The summed E-state index contributed by atoms with van der Waals surface area (Å²) in [6, 6.07) is 18.6. The summed E-state index contributed by atoms with van der Waals surface area (Å²) in [5.41, 5.74) is -16.0. The standard InChI is InChI=1S/C51H30F18/c1-25-13-16-28(22-34(25)43-37(46(52,53)54)7-4-8-38(43)47(55,56)57)31-19-32(29-17-14-26(2)35(23-29)44-39(48(58,59)60)9-5-10-40(44)49(61,62)63)21-33(20-31)30-18-15-27(3)36(24-30)45-41(50(64,65)66)11-6-12-42(45)51(67,68)69/h4-24H,1-3H3. The molecule has 0 unspecified atom stereocenters. The molecule has 360 valence electrons. The molecule has 0 bridgehead atoms. The topological polar surface area (TPSA) is 0 Å². The van der Waals surface area contributed by atoms with Gasteiger partial charge in [-0.2, -0.15) is 79.0 Å². The summed E-state index contributed by atoms with van der Waals surface area (Å²) in [6.07, 6.45) is -31.9. The van der Waals surface area contributed by atoms with Crippen molar-refractivity contribution in [2.45, 2.75) is 57.8 Å². The first-order valence-corrected chi connectivity index (χ1v) is 20.1. The van der Waals surface area contributed by atoms with Crippen LogP contribution in [0.3, 0.4) is 0 Å². The molecule has 0 aliphatic heterocycles. The maximum atomic E-state index is 14.4. The number of rotatable bonds is 6. The van der Waals surface area contributed by atoms with Gasteiger partial charge in [0, 0.05) is 16.7 Å². The number of halogens is 18. The molecule has 0 radical (unpaired) electrons. The zero-order valence-electron chi connectivity index (χ0n) is 35.4. The second-order valence-corrected chi connectivity index (χ2v) is 16.1. The molecule has 7 rings (SSSR count). The lowest BCUT2D eigenvalue weighted by molar-refractivity contribution is -0.143. The third-order valence-corrected chi connectivity index (χ3v) is 11.5. The van der Waals surface area contributed by atoms with Crippen LogP contribution in [0.25, 0.3) is 66.8 Å². The van der Waals surface area contributed by atoms with Gasteiger partial charge in [-0.1, -0.05) is 54.6 Å². The first-order chi connectivity index (χ1) is 31.8. The average Bonchev–Trinajstić information content (AvgIpc) is 3.24. The predicted molar refractivity (Wildman–Crippen MR) is 223 cm³/mol. The van der Waals surface area contributed by atoms with Gasteiger partial charge < -0.3 is 0 Å². The van der Waals surface area contributed by atoms with Crippen LogP contribution in [0.15, 0.2) is 127 Å². The third-order valence-electron chi connectivity index (χ3n) is 11.5. The molecule has 0 N–H and O–H groups in total. The van der Waals surface area contributed by atoms with Gasteiger partial charge in [0.15, 0.2) is 0 Å². The Morgan fingerprint density at radius 3 is 0.594 bits per heavy atom. The Hall–Kier alpha value is -6.72. The van der Waals surface area contributed by atoms with Crippen molar-refractivity contribution in [3.63, 3.8) is 0 Å². The largest absolute Gasteiger partial charge is 0.417 e. The first kappa shape index (κ1) is 50.2. The molecular weight excluding hydrogens is 955 g/mol. The van der Waals surface area contributed by atoms with Crippen LogP contribution in [0.2, 0.25) is 0 Å². The van der Waals surface area contributed by atoms with Gasteiger partial charge in [-0.25, -0.2) is 0 Å². The van der Waals surface area contributed by atoms with Crippen molar-refractivity contribution >= 4 is 0 Å². The lowest BCUT2D eigenvalue weighted by atomic mass is 9.85. The summed E-state index contributed by atoms with van der Waals surface area (Å²) in [5, 5.41) is 0. The van der Waals surface area contributed by atoms with Gasteiger partial charge in [0.25, 0.3) is 0 Å². The third kappa shape index (κ3) is 10.1. The summed E-state index contributed by atoms with van der Waals surface area (Å²) in [5.74, 6) is 0. The van der Waals surface area contributed by atoms with Gasteiger partial charge >= 0.3 is 37.1 Å². The number of hydrogen-bond acceptors (Lipinski definition) is 0. The molecule has 7 aromatic rings. The number of hydrogen-bond donors (Lipinski definition) is 0. The Bertz CT molecular complexity index is 2660. The normalized spacial score (nSPS) is 13.0. The van der Waals surface area contributed by atoms with Crippen LogP contribution in [0.5, 0.6) is 0 Å². The van der Waals surface area contributed by atoms with E-state index in [9.17, 15) is 79.0 Å². The number of alkyl halides is 18. The Morgan fingerprint density at radius 1 is 0.232 bits per heavy atom. The van der Waals surface area contributed by atoms with Crippen molar-refractivity contribution in [2.75, 3.05) is 0 Å². The van der Waals surface area contributed by atoms with Gasteiger partial charge in [0.05, 0.1) is 33.4 Å². The monoisotopic (exact) mass is 984 g/mol. The maximum absolute atomic E-state index is 14.4. The van der Waals surface area contributed by atoms with E-state index in [0.717, 1.165) is 18.2 Å². The van der Waals surface area contributed by atoms with Crippen LogP contribution in [0, 0.1) is 20.8 Å². The number of benzene rings is 7. The zero-order chi connectivity index (χ0) is 51.0. The molecule has 0 spiro atoms. The minimum Gasteiger partial charge on any atom is -0.166 e. The minimum atomic E-state index is -5.31. The van der Waals surface area contributed by atoms with E-state index >= 15 is 0 Å². The van der Waals surface area contributed by atoms with Crippen molar-refractivity contribution in [2.24, 2.45) is 0 Å². The summed E-state index contributed by atoms with van der Waals surface area (Å²) in [7, 11) is 0. The Labute approximate surface area is 380 Å². The van der Waals surface area contributed by atoms with E-state index in [0.29, 0.717) is 54.6 Å². The molecule has 0 amide bonds. The van der Waals surface area contributed by atoms with Crippen molar-refractivity contribution in [3.8, 4) is 66.8 Å². The fourth-order valence-corrected chi connectivity index (χ4v) is 8.29. The van der Waals surface area contributed by atoms with E-state index in [1.807, 2.05) is 0 Å². The Kier molecular flexibility index (Phi) is 12.6. The molecule has 0 saturated heterocycles. The molecule has 0 aliphatic carbocycles. The fraction of sp³-hybridized carbons (Fsp3) is 0.176. The molecule has 0 fully saturated rings. The molecule has 7 aromatic carbocycles. The van der Waals surface area contributed by atoms with Gasteiger partial charge in [-0.05, 0) is 160 Å². The molecule has 0 heterocycles. The van der Waals surface area contributed by atoms with Crippen molar-refractivity contribution in [1.29, 1.82) is 0 Å². The smallest absolute Gasteiger partial charge is 0.166 e. The van der Waals surface area contributed by atoms with E-state index in [-0.39, 0.29) is 50.1 Å². The molecule has 18 heteroatoms. The molecule has 0 aromatic heterocycles. The Morgan fingerprint density at radius 2 is 0.420 bits per heavy atom. The minimum absolute atomic E-state index is 0.0654. The molecule has 0 nitrogen and oxygen atoms in total. The quantitative estimate of drug-likeness (QED) is 0.146. The summed E-state index contributed by atoms with van der Waals surface area (Å²) in [4.78, 5) is 0. The molecule has 0 saturated carbocycles. The maximum Gasteiger partial charge on any atom is 0.417 e. The van der Waals surface area contributed by atoms with E-state index in [2.05, 4.69) is 0 Å². The van der Waals surface area contributed by atoms with Crippen LogP contribution >= 0.6 is 0 Å². The van der Waals surface area contributed by atoms with Gasteiger partial charge in [-0.15, -0.1) is 0 Å². The highest BCUT2D eigenvalue weighted by atomic mass is 19.4. The van der Waals surface area contributed by atoms with Crippen LogP contribution in [-0.4, -0.2) is 0 Å². The highest BCUT2D eigenvalue weighted by molar-refractivity contribution is 5.88. The lowest BCUT2D eigenvalue weighted by Crippen LogP contribution is -2.14. The lowest BCUT2D eigenvalue weighted by Gasteiger charge is -2.22. The van der Waals surface area contributed by atoms with Gasteiger partial charge in [-0.3, -0.25) is 0 Å². The molecule has 0 aliphatic rings. The zero-order valence-corrected chi connectivity index (χ0v) is 35.4. The van der Waals surface area contributed by atoms with Crippen LogP contribution in [0.1, 0.15) is 50.1 Å². The van der Waals surface area contributed by atoms with E-state index in [1.165, 1.54) is 75.4 Å². The van der Waals surface area contributed by atoms with Crippen LogP contribution in [0.4, 0.5) is 79.0 Å². The summed E-state index contributed by atoms with van der Waals surface area (Å²) >= 11 is 0. The summed E-state index contributed by atoms with van der Waals surface area (Å²) in [6.45, 7) is 3.70. The average molecular weight is 985 g/mol. The summed E-state index contributed by atoms with van der Waals surface area (Å²) < 4.78 is 260. The van der Waals surface area contributed by atoms with E-state index in [1.54, 1.807) is 0 Å². The van der Waals surface area contributed by atoms with Crippen LogP contribution < -0.4 is 0 Å². The number of aryl methyl sites for hydroxylation is 3. The van der Waals surface area contributed by atoms with Gasteiger partial charge in [0.2, 0.25) is 0 Å². The second kappa shape index (κ2) is 17.4. The predicted octanol–water partition coefficient (Wildman–Crippen LogP) is 18.7. The van der Waals surface area contributed by atoms with E-state index < -0.39 is 104 Å². The van der Waals surface area contributed by atoms with E-state index in [4.69, 9.17) is 0 Å². The van der Waals surface area contributed by atoms with Crippen molar-refractivity contribution < 1.29 is 79.0 Å². The van der Waals surface area contributed by atoms with Crippen molar-refractivity contribution in [1.82, 2.24) is 0 Å². The van der Waals surface area contributed by atoms with Gasteiger partial charge in [0.1, 0.15) is 0 Å². The highest BCUT2D eigenvalue weighted by Gasteiger charge is 2.44. The fourth-order valence-electron chi connectivity index (χ4n) is 8.29.